The van der Waals surface area contributed by atoms with Gasteiger partial charge in [0.05, 0.1) is 31.0 Å². The van der Waals surface area contributed by atoms with Crippen molar-refractivity contribution in [2.45, 2.75) is 24.2 Å². The molecule has 1 saturated heterocycles. The quantitative estimate of drug-likeness (QED) is 0.509. The molecule has 0 saturated carbocycles. The number of hydrogen-bond acceptors (Lipinski definition) is 8. The highest BCUT2D eigenvalue weighted by Crippen LogP contribution is 2.28. The number of ether oxygens (including phenoxy) is 1. The van der Waals surface area contributed by atoms with Crippen LogP contribution in [0.2, 0.25) is 0 Å². The van der Waals surface area contributed by atoms with Crippen LogP contribution in [0.4, 0.5) is 0 Å². The van der Waals surface area contributed by atoms with Crippen LogP contribution in [0, 0.1) is 6.92 Å². The molecule has 0 amide bonds. The van der Waals surface area contributed by atoms with Crippen LogP contribution in [0.15, 0.2) is 33.7 Å². The van der Waals surface area contributed by atoms with Crippen molar-refractivity contribution >= 4 is 22.7 Å². The molecule has 0 spiro atoms. The Morgan fingerprint density at radius 1 is 1.12 bits per heavy atom. The van der Waals surface area contributed by atoms with E-state index in [2.05, 4.69) is 21.2 Å². The van der Waals surface area contributed by atoms with Crippen LogP contribution in [0.5, 0.6) is 0 Å². The average molecular weight is 357 g/mol. The summed E-state index contributed by atoms with van der Waals surface area (Å²) >= 11 is 1.60. The third kappa shape index (κ3) is 3.97. The minimum atomic E-state index is 0.580. The predicted molar refractivity (Wildman–Crippen MR) is 94.2 cm³/mol. The molecular formula is C17H19N5O2S. The zero-order valence-electron chi connectivity index (χ0n) is 14.0. The van der Waals surface area contributed by atoms with Crippen molar-refractivity contribution in [2.75, 3.05) is 26.3 Å². The van der Waals surface area contributed by atoms with Gasteiger partial charge in [0.1, 0.15) is 10.9 Å². The maximum atomic E-state index is 5.46. The van der Waals surface area contributed by atoms with Crippen molar-refractivity contribution < 1.29 is 9.15 Å². The second-order valence-electron chi connectivity index (χ2n) is 5.85. The molecule has 0 aliphatic carbocycles. The summed E-state index contributed by atoms with van der Waals surface area (Å²) in [6.45, 7) is 5.90. The third-order valence-corrected chi connectivity index (χ3v) is 4.96. The molecule has 1 fully saturated rings. The summed E-state index contributed by atoms with van der Waals surface area (Å²) in [5.74, 6) is 2.62. The number of aryl methyl sites for hydroxylation is 1. The Labute approximate surface area is 149 Å². The van der Waals surface area contributed by atoms with Crippen LogP contribution in [0.25, 0.3) is 10.9 Å². The minimum Gasteiger partial charge on any atom is -0.425 e. The van der Waals surface area contributed by atoms with Crippen LogP contribution in [-0.2, 0) is 17.0 Å². The van der Waals surface area contributed by atoms with E-state index >= 15 is 0 Å². The van der Waals surface area contributed by atoms with Crippen LogP contribution >= 0.6 is 11.8 Å². The highest BCUT2D eigenvalue weighted by Gasteiger charge is 2.15. The van der Waals surface area contributed by atoms with Gasteiger partial charge in [0.2, 0.25) is 11.8 Å². The van der Waals surface area contributed by atoms with Crippen LogP contribution in [-0.4, -0.2) is 51.4 Å². The Morgan fingerprint density at radius 3 is 2.76 bits per heavy atom. The molecule has 0 atom stereocenters. The molecule has 0 radical (unpaired) electrons. The number of para-hydroxylation sites is 1. The van der Waals surface area contributed by atoms with Gasteiger partial charge in [0.25, 0.3) is 0 Å². The van der Waals surface area contributed by atoms with E-state index in [9.17, 15) is 0 Å². The van der Waals surface area contributed by atoms with E-state index in [-0.39, 0.29) is 0 Å². The number of morpholine rings is 1. The molecule has 25 heavy (non-hydrogen) atoms. The predicted octanol–water partition coefficient (Wildman–Crippen LogP) is 2.45. The smallest absolute Gasteiger partial charge is 0.226 e. The molecule has 0 unspecified atom stereocenters. The number of rotatable bonds is 5. The fourth-order valence-corrected chi connectivity index (χ4v) is 3.63. The third-order valence-electron chi connectivity index (χ3n) is 3.98. The van der Waals surface area contributed by atoms with Crippen molar-refractivity contribution in [2.24, 2.45) is 0 Å². The van der Waals surface area contributed by atoms with Crippen molar-refractivity contribution in [3.8, 4) is 0 Å². The molecule has 3 heterocycles. The van der Waals surface area contributed by atoms with Crippen LogP contribution in [0.3, 0.4) is 0 Å². The monoisotopic (exact) mass is 357 g/mol. The standard InChI is InChI=1S/C17H19N5O2S/c1-12-20-21-16(24-12)11-25-17-13-4-2-3-5-14(13)18-15(19-17)10-22-6-8-23-9-7-22/h2-5H,6-11H2,1H3. The van der Waals surface area contributed by atoms with Crippen molar-refractivity contribution in [3.63, 3.8) is 0 Å². The summed E-state index contributed by atoms with van der Waals surface area (Å²) < 4.78 is 10.9. The molecule has 1 aliphatic rings. The topological polar surface area (TPSA) is 77.2 Å². The molecule has 4 rings (SSSR count). The Morgan fingerprint density at radius 2 is 1.96 bits per heavy atom. The highest BCUT2D eigenvalue weighted by atomic mass is 32.2. The first-order chi connectivity index (χ1) is 12.3. The number of thioether (sulfide) groups is 1. The first-order valence-electron chi connectivity index (χ1n) is 8.25. The summed E-state index contributed by atoms with van der Waals surface area (Å²) in [6, 6.07) is 8.09. The molecule has 1 aliphatic heterocycles. The van der Waals surface area contributed by atoms with Gasteiger partial charge in [-0.05, 0) is 6.07 Å². The van der Waals surface area contributed by atoms with Crippen molar-refractivity contribution in [3.05, 3.63) is 41.9 Å². The average Bonchev–Trinajstić information content (AvgIpc) is 3.06. The lowest BCUT2D eigenvalue weighted by Crippen LogP contribution is -2.36. The number of benzene rings is 1. The molecule has 8 heteroatoms. The maximum absolute atomic E-state index is 5.46. The fraction of sp³-hybridized carbons (Fsp3) is 0.412. The second kappa shape index (κ2) is 7.47. The summed E-state index contributed by atoms with van der Waals surface area (Å²) in [5.41, 5.74) is 0.963. The van der Waals surface area contributed by atoms with E-state index in [4.69, 9.17) is 19.1 Å². The molecule has 130 valence electrons. The fourth-order valence-electron chi connectivity index (χ4n) is 2.76. The number of hydrogen-bond donors (Lipinski definition) is 0. The molecule has 1 aromatic carbocycles. The van der Waals surface area contributed by atoms with E-state index in [1.165, 1.54) is 0 Å². The maximum Gasteiger partial charge on any atom is 0.226 e. The largest absolute Gasteiger partial charge is 0.425 e. The van der Waals surface area contributed by atoms with Gasteiger partial charge in [-0.25, -0.2) is 9.97 Å². The lowest BCUT2D eigenvalue weighted by atomic mass is 10.2. The molecule has 7 nitrogen and oxygen atoms in total. The summed E-state index contributed by atoms with van der Waals surface area (Å²) in [5, 5.41) is 9.93. The highest BCUT2D eigenvalue weighted by molar-refractivity contribution is 7.98. The summed E-state index contributed by atoms with van der Waals surface area (Å²) in [7, 11) is 0. The molecule has 0 bridgehead atoms. The minimum absolute atomic E-state index is 0.580. The van der Waals surface area contributed by atoms with E-state index in [1.54, 1.807) is 18.7 Å². The van der Waals surface area contributed by atoms with Gasteiger partial charge in [-0.2, -0.15) is 0 Å². The van der Waals surface area contributed by atoms with Crippen LogP contribution in [0.1, 0.15) is 17.6 Å². The lowest BCUT2D eigenvalue weighted by molar-refractivity contribution is 0.0330. The van der Waals surface area contributed by atoms with Crippen LogP contribution < -0.4 is 0 Å². The zero-order valence-corrected chi connectivity index (χ0v) is 14.8. The number of nitrogens with zero attached hydrogens (tertiary/aromatic N) is 5. The molecule has 2 aromatic heterocycles. The lowest BCUT2D eigenvalue weighted by Gasteiger charge is -2.25. The van der Waals surface area contributed by atoms with Gasteiger partial charge in [-0.3, -0.25) is 4.90 Å². The first-order valence-corrected chi connectivity index (χ1v) is 9.24. The van der Waals surface area contributed by atoms with Gasteiger partial charge in [-0.1, -0.05) is 30.0 Å². The van der Waals surface area contributed by atoms with E-state index < -0.39 is 0 Å². The summed E-state index contributed by atoms with van der Waals surface area (Å²) in [6.07, 6.45) is 0. The van der Waals surface area contributed by atoms with E-state index in [0.717, 1.165) is 54.6 Å². The Hall–Kier alpha value is -2.03. The van der Waals surface area contributed by atoms with Gasteiger partial charge < -0.3 is 9.15 Å². The normalized spacial score (nSPS) is 15.7. The zero-order chi connectivity index (χ0) is 17.1. The summed E-state index contributed by atoms with van der Waals surface area (Å²) in [4.78, 5) is 11.8. The molecule has 0 N–H and O–H groups in total. The van der Waals surface area contributed by atoms with E-state index in [0.29, 0.717) is 17.5 Å². The van der Waals surface area contributed by atoms with Gasteiger partial charge in [0.15, 0.2) is 0 Å². The molecular weight excluding hydrogens is 338 g/mol. The van der Waals surface area contributed by atoms with Crippen molar-refractivity contribution in [1.29, 1.82) is 0 Å². The number of aromatic nitrogens is 4. The van der Waals surface area contributed by atoms with Crippen molar-refractivity contribution in [1.82, 2.24) is 25.1 Å². The Kier molecular flexibility index (Phi) is 4.91. The van der Waals surface area contributed by atoms with Gasteiger partial charge >= 0.3 is 0 Å². The first kappa shape index (κ1) is 16.4. The number of fused-ring (bicyclic) bond motifs is 1. The Balaban J connectivity index is 1.59. The molecule has 3 aromatic rings. The van der Waals surface area contributed by atoms with Gasteiger partial charge in [-0.15, -0.1) is 10.2 Å². The SMILES string of the molecule is Cc1nnc(CSc2nc(CN3CCOCC3)nc3ccccc23)o1. The second-order valence-corrected chi connectivity index (χ2v) is 6.82. The van der Waals surface area contributed by atoms with E-state index in [1.807, 2.05) is 18.2 Å². The van der Waals surface area contributed by atoms with Gasteiger partial charge in [0, 0.05) is 25.4 Å². The Bertz CT molecular complexity index is 863.